The third-order valence-electron chi connectivity index (χ3n) is 2.72. The Balaban J connectivity index is 2.80. The molecule has 0 aliphatic rings. The van der Waals surface area contributed by atoms with Crippen molar-refractivity contribution in [2.24, 2.45) is 0 Å². The molecule has 0 bridgehead atoms. The van der Waals surface area contributed by atoms with Crippen LogP contribution in [0.2, 0.25) is 5.02 Å². The summed E-state index contributed by atoms with van der Waals surface area (Å²) in [4.78, 5) is 2.40. The lowest BCUT2D eigenvalue weighted by Crippen LogP contribution is -2.31. The number of halogens is 1. The van der Waals surface area contributed by atoms with E-state index >= 15 is 0 Å². The highest BCUT2D eigenvalue weighted by Gasteiger charge is 2.10. The van der Waals surface area contributed by atoms with Crippen molar-refractivity contribution >= 4 is 17.3 Å². The first-order valence-corrected chi connectivity index (χ1v) is 6.20. The Labute approximate surface area is 103 Å². The molecule has 0 saturated heterocycles. The monoisotopic (exact) mass is 240 g/mol. The Morgan fingerprint density at radius 3 is 2.62 bits per heavy atom. The van der Waals surface area contributed by atoms with Crippen molar-refractivity contribution in [1.82, 2.24) is 4.90 Å². The molecule has 2 N–H and O–H groups in total. The van der Waals surface area contributed by atoms with Gasteiger partial charge in [-0.2, -0.15) is 0 Å². The van der Waals surface area contributed by atoms with Crippen LogP contribution in [0.15, 0.2) is 18.2 Å². The molecular weight excluding hydrogens is 220 g/mol. The molecule has 16 heavy (non-hydrogen) atoms. The highest BCUT2D eigenvalue weighted by atomic mass is 35.5. The van der Waals surface area contributed by atoms with Crippen LogP contribution in [0, 0.1) is 0 Å². The Morgan fingerprint density at radius 2 is 2.06 bits per heavy atom. The Kier molecular flexibility index (Phi) is 5.10. The van der Waals surface area contributed by atoms with Gasteiger partial charge in [0.25, 0.3) is 0 Å². The van der Waals surface area contributed by atoms with E-state index in [1.165, 1.54) is 0 Å². The Hall–Kier alpha value is -0.730. The van der Waals surface area contributed by atoms with Crippen molar-refractivity contribution in [2.75, 3.05) is 12.3 Å². The van der Waals surface area contributed by atoms with Crippen LogP contribution in [-0.2, 0) is 6.54 Å². The number of nitrogen functional groups attached to an aromatic ring is 1. The lowest BCUT2D eigenvalue weighted by molar-refractivity contribution is 0.213. The molecule has 0 atom stereocenters. The zero-order valence-electron chi connectivity index (χ0n) is 10.3. The number of hydrogen-bond acceptors (Lipinski definition) is 2. The molecule has 0 radical (unpaired) electrons. The van der Waals surface area contributed by atoms with Gasteiger partial charge < -0.3 is 5.73 Å². The van der Waals surface area contributed by atoms with E-state index in [1.54, 1.807) is 0 Å². The van der Waals surface area contributed by atoms with E-state index in [0.717, 1.165) is 35.8 Å². The Bertz CT molecular complexity index is 337. The zero-order chi connectivity index (χ0) is 12.1. The smallest absolute Gasteiger partial charge is 0.0410 e. The molecule has 3 heteroatoms. The van der Waals surface area contributed by atoms with Crippen molar-refractivity contribution in [3.8, 4) is 0 Å². The molecule has 0 aliphatic heterocycles. The summed E-state index contributed by atoms with van der Waals surface area (Å²) in [5.74, 6) is 0. The van der Waals surface area contributed by atoms with Gasteiger partial charge in [-0.25, -0.2) is 0 Å². The van der Waals surface area contributed by atoms with E-state index in [4.69, 9.17) is 17.3 Å². The van der Waals surface area contributed by atoms with Crippen molar-refractivity contribution in [3.63, 3.8) is 0 Å². The van der Waals surface area contributed by atoms with Crippen LogP contribution in [0.3, 0.4) is 0 Å². The maximum atomic E-state index is 5.98. The second-order valence-corrected chi connectivity index (χ2v) is 4.84. The maximum absolute atomic E-state index is 5.98. The summed E-state index contributed by atoms with van der Waals surface area (Å²) in [7, 11) is 0. The first-order chi connectivity index (χ1) is 7.54. The number of rotatable bonds is 5. The van der Waals surface area contributed by atoms with Crippen LogP contribution < -0.4 is 5.73 Å². The van der Waals surface area contributed by atoms with E-state index in [1.807, 2.05) is 18.2 Å². The minimum Gasteiger partial charge on any atom is -0.398 e. The molecule has 0 unspecified atom stereocenters. The van der Waals surface area contributed by atoms with Gasteiger partial charge in [-0.15, -0.1) is 0 Å². The fourth-order valence-electron chi connectivity index (χ4n) is 1.74. The first kappa shape index (κ1) is 13.3. The summed E-state index contributed by atoms with van der Waals surface area (Å²) in [5.41, 5.74) is 7.89. The van der Waals surface area contributed by atoms with Gasteiger partial charge in [0, 0.05) is 23.3 Å². The van der Waals surface area contributed by atoms with E-state index in [2.05, 4.69) is 25.7 Å². The molecule has 0 heterocycles. The molecule has 0 aliphatic carbocycles. The number of nitrogens with zero attached hydrogens (tertiary/aromatic N) is 1. The zero-order valence-corrected chi connectivity index (χ0v) is 11.1. The third kappa shape index (κ3) is 3.69. The minimum absolute atomic E-state index is 0.526. The molecule has 1 aromatic carbocycles. The van der Waals surface area contributed by atoms with Gasteiger partial charge in [0.15, 0.2) is 0 Å². The normalized spacial score (nSPS) is 11.4. The fraction of sp³-hybridized carbons (Fsp3) is 0.538. The van der Waals surface area contributed by atoms with Crippen molar-refractivity contribution in [3.05, 3.63) is 28.8 Å². The van der Waals surface area contributed by atoms with E-state index in [-0.39, 0.29) is 0 Å². The van der Waals surface area contributed by atoms with Crippen LogP contribution in [0.1, 0.15) is 32.8 Å². The largest absolute Gasteiger partial charge is 0.398 e. The van der Waals surface area contributed by atoms with Crippen LogP contribution >= 0.6 is 11.6 Å². The summed E-state index contributed by atoms with van der Waals surface area (Å²) < 4.78 is 0. The van der Waals surface area contributed by atoms with Gasteiger partial charge >= 0.3 is 0 Å². The lowest BCUT2D eigenvalue weighted by atomic mass is 10.1. The second-order valence-electron chi connectivity index (χ2n) is 4.41. The van der Waals surface area contributed by atoms with Crippen LogP contribution in [0.5, 0.6) is 0 Å². The average Bonchev–Trinajstić information content (AvgIpc) is 2.22. The van der Waals surface area contributed by atoms with Crippen molar-refractivity contribution in [1.29, 1.82) is 0 Å². The molecule has 0 fully saturated rings. The fourth-order valence-corrected chi connectivity index (χ4v) is 1.93. The maximum Gasteiger partial charge on any atom is 0.0410 e. The topological polar surface area (TPSA) is 29.3 Å². The molecule has 0 amide bonds. The number of anilines is 1. The van der Waals surface area contributed by atoms with Crippen LogP contribution in [-0.4, -0.2) is 17.5 Å². The predicted molar refractivity (Wildman–Crippen MR) is 71.7 cm³/mol. The molecule has 2 nitrogen and oxygen atoms in total. The van der Waals surface area contributed by atoms with E-state index < -0.39 is 0 Å². The predicted octanol–water partition coefficient (Wildman–Crippen LogP) is 3.54. The van der Waals surface area contributed by atoms with Gasteiger partial charge in [0.2, 0.25) is 0 Å². The highest BCUT2D eigenvalue weighted by molar-refractivity contribution is 6.30. The molecule has 0 saturated carbocycles. The second kappa shape index (κ2) is 6.12. The van der Waals surface area contributed by atoms with Gasteiger partial charge in [-0.05, 0) is 50.6 Å². The summed E-state index contributed by atoms with van der Waals surface area (Å²) >= 11 is 5.98. The van der Waals surface area contributed by atoms with Crippen LogP contribution in [0.4, 0.5) is 5.69 Å². The van der Waals surface area contributed by atoms with Crippen molar-refractivity contribution in [2.45, 2.75) is 39.8 Å². The van der Waals surface area contributed by atoms with Gasteiger partial charge in [0.05, 0.1) is 0 Å². The number of hydrogen-bond donors (Lipinski definition) is 1. The molecule has 1 aromatic rings. The lowest BCUT2D eigenvalue weighted by Gasteiger charge is -2.26. The van der Waals surface area contributed by atoms with Gasteiger partial charge in [-0.3, -0.25) is 4.90 Å². The van der Waals surface area contributed by atoms with Crippen LogP contribution in [0.25, 0.3) is 0 Å². The van der Waals surface area contributed by atoms with Gasteiger partial charge in [-0.1, -0.05) is 18.5 Å². The quantitative estimate of drug-likeness (QED) is 0.798. The number of nitrogens with two attached hydrogens (primary N) is 1. The van der Waals surface area contributed by atoms with Gasteiger partial charge in [0.1, 0.15) is 0 Å². The third-order valence-corrected chi connectivity index (χ3v) is 2.95. The van der Waals surface area contributed by atoms with E-state index in [9.17, 15) is 0 Å². The highest BCUT2D eigenvalue weighted by Crippen LogP contribution is 2.20. The van der Waals surface area contributed by atoms with Crippen molar-refractivity contribution < 1.29 is 0 Å². The molecule has 0 spiro atoms. The minimum atomic E-state index is 0.526. The van der Waals surface area contributed by atoms with E-state index in [0.29, 0.717) is 6.04 Å². The average molecular weight is 241 g/mol. The molecule has 90 valence electrons. The summed E-state index contributed by atoms with van der Waals surface area (Å²) in [6, 6.07) is 6.20. The molecule has 1 rings (SSSR count). The molecular formula is C13H21ClN2. The SMILES string of the molecule is CCCN(Cc1cc(Cl)ccc1N)C(C)C. The number of benzene rings is 1. The first-order valence-electron chi connectivity index (χ1n) is 5.82. The summed E-state index contributed by atoms with van der Waals surface area (Å²) in [6.07, 6.45) is 1.15. The summed E-state index contributed by atoms with van der Waals surface area (Å²) in [5, 5.41) is 0.754. The summed E-state index contributed by atoms with van der Waals surface area (Å²) in [6.45, 7) is 8.56. The standard InChI is InChI=1S/C13H21ClN2/c1-4-7-16(10(2)3)9-11-8-12(14)5-6-13(11)15/h5-6,8,10H,4,7,9,15H2,1-3H3. The Morgan fingerprint density at radius 1 is 1.38 bits per heavy atom. The molecule has 0 aromatic heterocycles.